The molecule has 0 atom stereocenters. The molecule has 84 valence electrons. The summed E-state index contributed by atoms with van der Waals surface area (Å²) < 4.78 is 0. The Labute approximate surface area is 100 Å². The van der Waals surface area contributed by atoms with E-state index in [1.165, 1.54) is 10.9 Å². The first-order valence-corrected chi connectivity index (χ1v) is 5.92. The molecule has 0 fully saturated rings. The van der Waals surface area contributed by atoms with Gasteiger partial charge in [-0.05, 0) is 48.9 Å². The molecule has 0 aliphatic heterocycles. The van der Waals surface area contributed by atoms with E-state index in [2.05, 4.69) is 4.98 Å². The maximum Gasteiger partial charge on any atom is 0.0444 e. The van der Waals surface area contributed by atoms with Gasteiger partial charge in [-0.2, -0.15) is 0 Å². The maximum atomic E-state index is 6.23. The molecule has 0 saturated heterocycles. The Morgan fingerprint density at radius 1 is 1.19 bits per heavy atom. The van der Waals surface area contributed by atoms with Gasteiger partial charge in [0, 0.05) is 22.8 Å². The van der Waals surface area contributed by atoms with Crippen LogP contribution in [0.3, 0.4) is 0 Å². The summed E-state index contributed by atoms with van der Waals surface area (Å²) >= 11 is 6.23. The van der Waals surface area contributed by atoms with Gasteiger partial charge in [-0.3, -0.25) is 4.98 Å². The average Bonchev–Trinajstić information content (AvgIpc) is 2.32. The second kappa shape index (κ2) is 5.28. The van der Waals surface area contributed by atoms with E-state index in [0.29, 0.717) is 0 Å². The van der Waals surface area contributed by atoms with E-state index in [-0.39, 0.29) is 0 Å². The van der Waals surface area contributed by atoms with Crippen LogP contribution in [0.2, 0.25) is 5.02 Å². The lowest BCUT2D eigenvalue weighted by molar-refractivity contribution is 0.747. The number of halogens is 1. The van der Waals surface area contributed by atoms with Gasteiger partial charge in [0.15, 0.2) is 0 Å². The minimum absolute atomic E-state index is 0.740. The predicted molar refractivity (Wildman–Crippen MR) is 68.7 cm³/mol. The van der Waals surface area contributed by atoms with Crippen LogP contribution in [0.4, 0.5) is 0 Å². The Hall–Kier alpha value is -1.12. The largest absolute Gasteiger partial charge is 0.330 e. The van der Waals surface area contributed by atoms with Crippen molar-refractivity contribution in [3.8, 4) is 0 Å². The van der Waals surface area contributed by atoms with Crippen molar-refractivity contribution in [1.82, 2.24) is 4.98 Å². The fourth-order valence-electron chi connectivity index (χ4n) is 1.91. The minimum Gasteiger partial charge on any atom is -0.330 e. The lowest BCUT2D eigenvalue weighted by Crippen LogP contribution is -1.99. The van der Waals surface area contributed by atoms with Gasteiger partial charge < -0.3 is 5.73 Å². The normalized spacial score (nSPS) is 10.9. The molecule has 1 aromatic carbocycles. The molecular formula is C13H15ClN2. The average molecular weight is 235 g/mol. The second-order valence-electron chi connectivity index (χ2n) is 3.87. The molecule has 0 saturated carbocycles. The standard InChI is InChI=1S/C13H15ClN2/c14-13-5-4-10-9-16-8-6-11(10)12(13)3-1-2-7-15/h4-6,8-9H,1-3,7,15H2. The number of nitrogens with two attached hydrogens (primary N) is 1. The van der Waals surface area contributed by atoms with Crippen molar-refractivity contribution in [2.45, 2.75) is 19.3 Å². The van der Waals surface area contributed by atoms with Crippen molar-refractivity contribution >= 4 is 22.4 Å². The zero-order chi connectivity index (χ0) is 11.4. The summed E-state index contributed by atoms with van der Waals surface area (Å²) in [6.07, 6.45) is 6.79. The summed E-state index contributed by atoms with van der Waals surface area (Å²) in [6.45, 7) is 0.740. The zero-order valence-electron chi connectivity index (χ0n) is 9.12. The van der Waals surface area contributed by atoms with Crippen molar-refractivity contribution in [3.63, 3.8) is 0 Å². The molecule has 2 rings (SSSR count). The van der Waals surface area contributed by atoms with E-state index in [9.17, 15) is 0 Å². The summed E-state index contributed by atoms with van der Waals surface area (Å²) in [4.78, 5) is 4.12. The molecular weight excluding hydrogens is 220 g/mol. The van der Waals surface area contributed by atoms with E-state index < -0.39 is 0 Å². The van der Waals surface area contributed by atoms with Gasteiger partial charge in [0.2, 0.25) is 0 Å². The number of fused-ring (bicyclic) bond motifs is 1. The minimum atomic E-state index is 0.740. The first-order chi connectivity index (χ1) is 7.83. The highest BCUT2D eigenvalue weighted by Crippen LogP contribution is 2.26. The van der Waals surface area contributed by atoms with E-state index >= 15 is 0 Å². The Kier molecular flexibility index (Phi) is 3.75. The fourth-order valence-corrected chi connectivity index (χ4v) is 2.17. The molecule has 0 aliphatic rings. The van der Waals surface area contributed by atoms with Crippen LogP contribution < -0.4 is 5.73 Å². The molecule has 2 aromatic rings. The van der Waals surface area contributed by atoms with E-state index in [1.54, 1.807) is 0 Å². The number of nitrogens with zero attached hydrogens (tertiary/aromatic N) is 1. The number of benzene rings is 1. The Morgan fingerprint density at radius 2 is 2.06 bits per heavy atom. The van der Waals surface area contributed by atoms with Crippen molar-refractivity contribution in [2.75, 3.05) is 6.54 Å². The third kappa shape index (κ3) is 2.34. The van der Waals surface area contributed by atoms with Crippen LogP contribution in [0, 0.1) is 0 Å². The van der Waals surface area contributed by atoms with E-state index in [4.69, 9.17) is 17.3 Å². The van der Waals surface area contributed by atoms with Crippen molar-refractivity contribution in [1.29, 1.82) is 0 Å². The predicted octanol–water partition coefficient (Wildman–Crippen LogP) is 3.17. The number of aryl methyl sites for hydroxylation is 1. The monoisotopic (exact) mass is 234 g/mol. The maximum absolute atomic E-state index is 6.23. The molecule has 2 N–H and O–H groups in total. The van der Waals surface area contributed by atoms with Crippen LogP contribution in [-0.2, 0) is 6.42 Å². The number of hydrogen-bond acceptors (Lipinski definition) is 2. The van der Waals surface area contributed by atoms with Crippen LogP contribution in [0.1, 0.15) is 18.4 Å². The highest BCUT2D eigenvalue weighted by atomic mass is 35.5. The Bertz CT molecular complexity index is 482. The molecule has 0 spiro atoms. The lowest BCUT2D eigenvalue weighted by Gasteiger charge is -2.08. The second-order valence-corrected chi connectivity index (χ2v) is 4.28. The molecule has 0 amide bonds. The summed E-state index contributed by atoms with van der Waals surface area (Å²) in [7, 11) is 0. The molecule has 0 unspecified atom stereocenters. The van der Waals surface area contributed by atoms with Gasteiger partial charge in [-0.15, -0.1) is 0 Å². The van der Waals surface area contributed by atoms with Crippen LogP contribution in [0.25, 0.3) is 10.8 Å². The Balaban J connectivity index is 2.37. The zero-order valence-corrected chi connectivity index (χ0v) is 9.87. The first kappa shape index (κ1) is 11.4. The molecule has 1 aromatic heterocycles. The van der Waals surface area contributed by atoms with Gasteiger partial charge in [0.1, 0.15) is 0 Å². The molecule has 0 bridgehead atoms. The highest BCUT2D eigenvalue weighted by Gasteiger charge is 2.05. The number of pyridine rings is 1. The third-order valence-corrected chi connectivity index (χ3v) is 3.11. The van der Waals surface area contributed by atoms with E-state index in [1.807, 2.05) is 30.6 Å². The van der Waals surface area contributed by atoms with Gasteiger partial charge >= 0.3 is 0 Å². The van der Waals surface area contributed by atoms with Crippen LogP contribution in [-0.4, -0.2) is 11.5 Å². The van der Waals surface area contributed by atoms with Crippen molar-refractivity contribution in [3.05, 3.63) is 41.2 Å². The van der Waals surface area contributed by atoms with Crippen molar-refractivity contribution < 1.29 is 0 Å². The van der Waals surface area contributed by atoms with Crippen LogP contribution in [0.5, 0.6) is 0 Å². The third-order valence-electron chi connectivity index (χ3n) is 2.76. The first-order valence-electron chi connectivity index (χ1n) is 5.54. The Morgan fingerprint density at radius 3 is 2.88 bits per heavy atom. The summed E-state index contributed by atoms with van der Waals surface area (Å²) in [5.41, 5.74) is 6.72. The smallest absolute Gasteiger partial charge is 0.0444 e. The van der Waals surface area contributed by atoms with E-state index in [0.717, 1.165) is 36.2 Å². The summed E-state index contributed by atoms with van der Waals surface area (Å²) in [5.74, 6) is 0. The molecule has 3 heteroatoms. The van der Waals surface area contributed by atoms with Gasteiger partial charge in [0.05, 0.1) is 0 Å². The SMILES string of the molecule is NCCCCc1c(Cl)ccc2cnccc12. The summed E-state index contributed by atoms with van der Waals surface area (Å²) in [6, 6.07) is 5.99. The lowest BCUT2D eigenvalue weighted by atomic mass is 10.0. The van der Waals surface area contributed by atoms with Crippen LogP contribution >= 0.6 is 11.6 Å². The van der Waals surface area contributed by atoms with Crippen LogP contribution in [0.15, 0.2) is 30.6 Å². The number of unbranched alkanes of at least 4 members (excludes halogenated alkanes) is 1. The fraction of sp³-hybridized carbons (Fsp3) is 0.308. The molecule has 0 radical (unpaired) electrons. The molecule has 0 aliphatic carbocycles. The topological polar surface area (TPSA) is 38.9 Å². The number of rotatable bonds is 4. The van der Waals surface area contributed by atoms with Crippen molar-refractivity contribution in [2.24, 2.45) is 5.73 Å². The number of hydrogen-bond donors (Lipinski definition) is 1. The van der Waals surface area contributed by atoms with Gasteiger partial charge in [0.25, 0.3) is 0 Å². The summed E-state index contributed by atoms with van der Waals surface area (Å²) in [5, 5.41) is 3.20. The number of aromatic nitrogens is 1. The highest BCUT2D eigenvalue weighted by molar-refractivity contribution is 6.32. The quantitative estimate of drug-likeness (QED) is 0.826. The molecule has 16 heavy (non-hydrogen) atoms. The molecule has 2 nitrogen and oxygen atoms in total. The molecule has 1 heterocycles. The van der Waals surface area contributed by atoms with Gasteiger partial charge in [-0.1, -0.05) is 17.7 Å². The van der Waals surface area contributed by atoms with Gasteiger partial charge in [-0.25, -0.2) is 0 Å².